The van der Waals surface area contributed by atoms with Crippen LogP contribution in [0.15, 0.2) is 4.99 Å². The number of hydrogen-bond donors (Lipinski definition) is 3. The van der Waals surface area contributed by atoms with Gasteiger partial charge in [0, 0.05) is 38.8 Å². The maximum absolute atomic E-state index is 11.6. The Bertz CT molecular complexity index is 446. The molecular formula is C19H39N5O2. The van der Waals surface area contributed by atoms with E-state index >= 15 is 0 Å². The highest BCUT2D eigenvalue weighted by Gasteiger charge is 2.21. The molecule has 1 saturated heterocycles. The SMILES string of the molecule is CCNC(=NCC1CCCN(C(C)C)C1)NCCNC(=O)OC(C)(C)C. The molecule has 1 atom stereocenters. The Morgan fingerprint density at radius 1 is 1.23 bits per heavy atom. The van der Waals surface area contributed by atoms with Crippen LogP contribution in [0.5, 0.6) is 0 Å². The lowest BCUT2D eigenvalue weighted by Gasteiger charge is -2.34. The van der Waals surface area contributed by atoms with Gasteiger partial charge in [-0.2, -0.15) is 0 Å². The fourth-order valence-corrected chi connectivity index (χ4v) is 2.94. The van der Waals surface area contributed by atoms with Crippen molar-refractivity contribution in [3.63, 3.8) is 0 Å². The quantitative estimate of drug-likeness (QED) is 0.364. The maximum Gasteiger partial charge on any atom is 0.407 e. The Morgan fingerprint density at radius 2 is 1.92 bits per heavy atom. The molecule has 1 aliphatic rings. The summed E-state index contributed by atoms with van der Waals surface area (Å²) in [5, 5.41) is 9.28. The number of carbonyl (C=O) groups is 1. The fraction of sp³-hybridized carbons (Fsp3) is 0.895. The highest BCUT2D eigenvalue weighted by Crippen LogP contribution is 2.18. The van der Waals surface area contributed by atoms with E-state index in [9.17, 15) is 4.79 Å². The first-order valence-electron chi connectivity index (χ1n) is 9.94. The minimum atomic E-state index is -0.474. The van der Waals surface area contributed by atoms with Gasteiger partial charge in [0.25, 0.3) is 0 Å². The number of rotatable bonds is 7. The smallest absolute Gasteiger partial charge is 0.407 e. The zero-order valence-electron chi connectivity index (χ0n) is 17.5. The molecule has 0 saturated carbocycles. The van der Waals surface area contributed by atoms with Crippen LogP contribution in [-0.4, -0.2) is 67.9 Å². The molecule has 0 bridgehead atoms. The van der Waals surface area contributed by atoms with E-state index in [-0.39, 0.29) is 0 Å². The van der Waals surface area contributed by atoms with Gasteiger partial charge in [-0.15, -0.1) is 0 Å². The summed E-state index contributed by atoms with van der Waals surface area (Å²) in [7, 11) is 0. The second-order valence-electron chi connectivity index (χ2n) is 8.17. The van der Waals surface area contributed by atoms with Gasteiger partial charge in [-0.05, 0) is 66.8 Å². The standard InChI is InChI=1S/C19H39N5O2/c1-7-20-17(21-10-11-22-18(25)26-19(4,5)6)23-13-16-9-8-12-24(14-16)15(2)3/h15-16H,7-14H2,1-6H3,(H,22,25)(H2,20,21,23). The molecule has 3 N–H and O–H groups in total. The van der Waals surface area contributed by atoms with Gasteiger partial charge in [0.05, 0.1) is 0 Å². The normalized spacial score (nSPS) is 19.3. The molecule has 0 aromatic carbocycles. The van der Waals surface area contributed by atoms with Crippen molar-refractivity contribution in [2.24, 2.45) is 10.9 Å². The van der Waals surface area contributed by atoms with Crippen molar-refractivity contribution >= 4 is 12.1 Å². The van der Waals surface area contributed by atoms with Crippen LogP contribution in [0.25, 0.3) is 0 Å². The van der Waals surface area contributed by atoms with E-state index in [1.165, 1.54) is 19.4 Å². The number of piperidine rings is 1. The second kappa shape index (κ2) is 11.3. The largest absolute Gasteiger partial charge is 0.444 e. The number of likely N-dealkylation sites (tertiary alicyclic amines) is 1. The van der Waals surface area contributed by atoms with Gasteiger partial charge in [-0.1, -0.05) is 0 Å². The first-order valence-corrected chi connectivity index (χ1v) is 9.94. The van der Waals surface area contributed by atoms with Crippen molar-refractivity contribution in [1.82, 2.24) is 20.9 Å². The summed E-state index contributed by atoms with van der Waals surface area (Å²) in [6.07, 6.45) is 2.10. The van der Waals surface area contributed by atoms with E-state index in [1.54, 1.807) is 0 Å². The summed E-state index contributed by atoms with van der Waals surface area (Å²) in [4.78, 5) is 18.9. The van der Waals surface area contributed by atoms with Gasteiger partial charge in [0.15, 0.2) is 5.96 Å². The monoisotopic (exact) mass is 369 g/mol. The molecule has 7 nitrogen and oxygen atoms in total. The molecule has 0 aromatic rings. The summed E-state index contributed by atoms with van der Waals surface area (Å²) in [5.74, 6) is 1.42. The molecule has 0 radical (unpaired) electrons. The number of carbonyl (C=O) groups excluding carboxylic acids is 1. The number of nitrogens with zero attached hydrogens (tertiary/aromatic N) is 2. The number of amides is 1. The molecule has 1 fully saturated rings. The average molecular weight is 370 g/mol. The Balaban J connectivity index is 2.35. The lowest BCUT2D eigenvalue weighted by Crippen LogP contribution is -2.43. The molecule has 1 rings (SSSR count). The Morgan fingerprint density at radius 3 is 2.54 bits per heavy atom. The van der Waals surface area contributed by atoms with Crippen molar-refractivity contribution in [2.45, 2.75) is 66.0 Å². The van der Waals surface area contributed by atoms with Gasteiger partial charge in [-0.3, -0.25) is 4.99 Å². The van der Waals surface area contributed by atoms with Crippen molar-refractivity contribution in [1.29, 1.82) is 0 Å². The van der Waals surface area contributed by atoms with E-state index in [0.29, 0.717) is 25.0 Å². The zero-order chi connectivity index (χ0) is 19.6. The van der Waals surface area contributed by atoms with Gasteiger partial charge in [-0.25, -0.2) is 4.79 Å². The molecule has 0 aliphatic carbocycles. The first-order chi connectivity index (χ1) is 12.2. The third-order valence-electron chi connectivity index (χ3n) is 4.22. The third-order valence-corrected chi connectivity index (χ3v) is 4.22. The van der Waals surface area contributed by atoms with Crippen LogP contribution in [0, 0.1) is 5.92 Å². The van der Waals surface area contributed by atoms with E-state index in [4.69, 9.17) is 9.73 Å². The number of aliphatic imine (C=N–C) groups is 1. The number of alkyl carbamates (subject to hydrolysis) is 1. The van der Waals surface area contributed by atoms with Gasteiger partial charge in [0.1, 0.15) is 5.60 Å². The second-order valence-corrected chi connectivity index (χ2v) is 8.17. The van der Waals surface area contributed by atoms with Crippen LogP contribution in [0.2, 0.25) is 0 Å². The first kappa shape index (κ1) is 22.5. The van der Waals surface area contributed by atoms with Crippen molar-refractivity contribution in [3.8, 4) is 0 Å². The molecule has 0 spiro atoms. The van der Waals surface area contributed by atoms with E-state index in [2.05, 4.69) is 41.6 Å². The third kappa shape index (κ3) is 9.85. The van der Waals surface area contributed by atoms with E-state index in [0.717, 1.165) is 25.6 Å². The molecule has 26 heavy (non-hydrogen) atoms. The van der Waals surface area contributed by atoms with E-state index < -0.39 is 11.7 Å². The molecule has 1 unspecified atom stereocenters. The van der Waals surface area contributed by atoms with Crippen molar-refractivity contribution < 1.29 is 9.53 Å². The molecule has 7 heteroatoms. The minimum Gasteiger partial charge on any atom is -0.444 e. The molecule has 1 heterocycles. The highest BCUT2D eigenvalue weighted by atomic mass is 16.6. The van der Waals surface area contributed by atoms with Gasteiger partial charge in [0.2, 0.25) is 0 Å². The van der Waals surface area contributed by atoms with Crippen LogP contribution in [0.3, 0.4) is 0 Å². The van der Waals surface area contributed by atoms with Gasteiger partial charge >= 0.3 is 6.09 Å². The van der Waals surface area contributed by atoms with Crippen LogP contribution in [0.1, 0.15) is 54.4 Å². The topological polar surface area (TPSA) is 78.0 Å². The minimum absolute atomic E-state index is 0.391. The number of guanidine groups is 1. The van der Waals surface area contributed by atoms with Crippen molar-refractivity contribution in [2.75, 3.05) is 39.3 Å². The fourth-order valence-electron chi connectivity index (χ4n) is 2.94. The van der Waals surface area contributed by atoms with Crippen LogP contribution in [0.4, 0.5) is 4.79 Å². The average Bonchev–Trinajstić information content (AvgIpc) is 2.55. The summed E-state index contributed by atoms with van der Waals surface area (Å²) < 4.78 is 5.22. The predicted octanol–water partition coefficient (Wildman–Crippen LogP) is 2.19. The Labute approximate surface area is 159 Å². The predicted molar refractivity (Wildman–Crippen MR) is 108 cm³/mol. The molecule has 1 amide bonds. The molecular weight excluding hydrogens is 330 g/mol. The highest BCUT2D eigenvalue weighted by molar-refractivity contribution is 5.79. The Hall–Kier alpha value is -1.50. The zero-order valence-corrected chi connectivity index (χ0v) is 17.5. The van der Waals surface area contributed by atoms with Crippen molar-refractivity contribution in [3.05, 3.63) is 0 Å². The Kier molecular flexibility index (Phi) is 9.76. The van der Waals surface area contributed by atoms with E-state index in [1.807, 2.05) is 20.8 Å². The molecule has 152 valence electrons. The summed E-state index contributed by atoms with van der Waals surface area (Å²) in [6, 6.07) is 0.604. The maximum atomic E-state index is 11.6. The van der Waals surface area contributed by atoms with Crippen LogP contribution < -0.4 is 16.0 Å². The summed E-state index contributed by atoms with van der Waals surface area (Å²) >= 11 is 0. The number of hydrogen-bond acceptors (Lipinski definition) is 4. The molecule has 0 aromatic heterocycles. The van der Waals surface area contributed by atoms with Crippen LogP contribution in [-0.2, 0) is 4.74 Å². The number of ether oxygens (including phenoxy) is 1. The lowest BCUT2D eigenvalue weighted by atomic mass is 9.97. The number of nitrogens with one attached hydrogen (secondary N) is 3. The lowest BCUT2D eigenvalue weighted by molar-refractivity contribution is 0.0529. The van der Waals surface area contributed by atoms with Crippen LogP contribution >= 0.6 is 0 Å². The summed E-state index contributed by atoms with van der Waals surface area (Å²) in [6.45, 7) is 17.2. The summed E-state index contributed by atoms with van der Waals surface area (Å²) in [5.41, 5.74) is -0.474. The molecule has 1 aliphatic heterocycles. The van der Waals surface area contributed by atoms with Gasteiger partial charge < -0.3 is 25.6 Å².